The van der Waals surface area contributed by atoms with E-state index >= 15 is 0 Å². The standard InChI is InChI=1S/C21H29N3O4S/c1-16-6-12-19(13-7-16)29(26,27)24(4)15-21(25)22-14-20(23(2)3)17-8-10-18(28-5)11-9-17/h6-13,20H,14-15H2,1-5H3,(H,22,25)/p+1/t20-/m1/s1. The maximum absolute atomic E-state index is 12.6. The highest BCUT2D eigenvalue weighted by Gasteiger charge is 2.24. The molecule has 2 aromatic carbocycles. The molecule has 2 aromatic rings. The molecular formula is C21H30N3O4S+. The van der Waals surface area contributed by atoms with E-state index in [1.165, 1.54) is 7.05 Å². The van der Waals surface area contributed by atoms with Gasteiger partial charge in [-0.2, -0.15) is 4.31 Å². The number of methoxy groups -OCH3 is 1. The molecule has 0 aliphatic carbocycles. The van der Waals surface area contributed by atoms with Gasteiger partial charge in [-0.3, -0.25) is 4.79 Å². The zero-order chi connectivity index (χ0) is 21.6. The first-order chi connectivity index (χ1) is 13.6. The van der Waals surface area contributed by atoms with E-state index in [1.807, 2.05) is 45.3 Å². The molecule has 29 heavy (non-hydrogen) atoms. The van der Waals surface area contributed by atoms with Crippen molar-refractivity contribution in [3.05, 3.63) is 59.7 Å². The number of hydrogen-bond donors (Lipinski definition) is 2. The fourth-order valence-corrected chi connectivity index (χ4v) is 4.07. The van der Waals surface area contributed by atoms with Crippen molar-refractivity contribution in [3.8, 4) is 5.75 Å². The summed E-state index contributed by atoms with van der Waals surface area (Å²) in [6.07, 6.45) is 0. The molecule has 0 radical (unpaired) electrons. The van der Waals surface area contributed by atoms with Gasteiger partial charge in [0.25, 0.3) is 0 Å². The van der Waals surface area contributed by atoms with Gasteiger partial charge in [-0.25, -0.2) is 8.42 Å². The number of carbonyl (C=O) groups is 1. The van der Waals surface area contributed by atoms with E-state index in [4.69, 9.17) is 4.74 Å². The number of hydrogen-bond acceptors (Lipinski definition) is 4. The molecule has 0 unspecified atom stereocenters. The average molecular weight is 421 g/mol. The molecule has 0 saturated carbocycles. The van der Waals surface area contributed by atoms with Gasteiger partial charge in [-0.15, -0.1) is 0 Å². The molecule has 0 saturated heterocycles. The third kappa shape index (κ3) is 6.03. The number of amides is 1. The first-order valence-electron chi connectivity index (χ1n) is 9.39. The van der Waals surface area contributed by atoms with Crippen LogP contribution in [0, 0.1) is 6.92 Å². The number of nitrogens with zero attached hydrogens (tertiary/aromatic N) is 1. The SMILES string of the molecule is COc1ccc([C@@H](CNC(=O)CN(C)S(=O)(=O)c2ccc(C)cc2)[NH+](C)C)cc1. The van der Waals surface area contributed by atoms with Crippen LogP contribution in [0.1, 0.15) is 17.2 Å². The van der Waals surface area contributed by atoms with Crippen LogP contribution >= 0.6 is 0 Å². The van der Waals surface area contributed by atoms with E-state index in [9.17, 15) is 13.2 Å². The van der Waals surface area contributed by atoms with Crippen molar-refractivity contribution in [1.82, 2.24) is 9.62 Å². The van der Waals surface area contributed by atoms with Gasteiger partial charge < -0.3 is 15.0 Å². The molecule has 0 aromatic heterocycles. The molecule has 2 N–H and O–H groups in total. The predicted molar refractivity (Wildman–Crippen MR) is 113 cm³/mol. The molecule has 0 aliphatic rings. The van der Waals surface area contributed by atoms with Crippen molar-refractivity contribution in [2.75, 3.05) is 41.3 Å². The summed E-state index contributed by atoms with van der Waals surface area (Å²) in [5.41, 5.74) is 2.03. The summed E-state index contributed by atoms with van der Waals surface area (Å²) in [4.78, 5) is 13.7. The summed E-state index contributed by atoms with van der Waals surface area (Å²) in [5.74, 6) is 0.427. The molecule has 8 heteroatoms. The second kappa shape index (κ2) is 9.87. The molecule has 2 rings (SSSR count). The minimum absolute atomic E-state index is 0.0314. The largest absolute Gasteiger partial charge is 0.497 e. The Kier molecular flexibility index (Phi) is 7.78. The lowest BCUT2D eigenvalue weighted by Crippen LogP contribution is -3.07. The Morgan fingerprint density at radius 1 is 1.10 bits per heavy atom. The highest BCUT2D eigenvalue weighted by atomic mass is 32.2. The molecular weight excluding hydrogens is 390 g/mol. The number of ether oxygens (including phenoxy) is 1. The highest BCUT2D eigenvalue weighted by molar-refractivity contribution is 7.89. The lowest BCUT2D eigenvalue weighted by molar-refractivity contribution is -0.890. The van der Waals surface area contributed by atoms with Gasteiger partial charge in [0, 0.05) is 12.6 Å². The zero-order valence-corrected chi connectivity index (χ0v) is 18.4. The normalized spacial score (nSPS) is 12.8. The summed E-state index contributed by atoms with van der Waals surface area (Å²) >= 11 is 0. The molecule has 0 spiro atoms. The topological polar surface area (TPSA) is 80.2 Å². The number of quaternary nitrogens is 1. The van der Waals surface area contributed by atoms with Crippen LogP contribution in [-0.2, 0) is 14.8 Å². The maximum atomic E-state index is 12.6. The molecule has 0 heterocycles. The number of likely N-dealkylation sites (N-methyl/N-ethyl adjacent to an activating group) is 2. The second-order valence-electron chi connectivity index (χ2n) is 7.28. The van der Waals surface area contributed by atoms with Gasteiger partial charge in [0.1, 0.15) is 11.8 Å². The first-order valence-corrected chi connectivity index (χ1v) is 10.8. The summed E-state index contributed by atoms with van der Waals surface area (Å²) < 4.78 is 31.5. The number of carbonyl (C=O) groups excluding carboxylic acids is 1. The van der Waals surface area contributed by atoms with Gasteiger partial charge in [-0.1, -0.05) is 17.7 Å². The Labute approximate surface area is 173 Å². The van der Waals surface area contributed by atoms with Crippen LogP contribution in [0.15, 0.2) is 53.4 Å². The van der Waals surface area contributed by atoms with Crippen LogP contribution in [0.25, 0.3) is 0 Å². The molecule has 0 fully saturated rings. The third-order valence-electron chi connectivity index (χ3n) is 4.81. The number of rotatable bonds is 9. The van der Waals surface area contributed by atoms with Crippen molar-refractivity contribution in [2.45, 2.75) is 17.9 Å². The molecule has 0 aliphatic heterocycles. The fraction of sp³-hybridized carbons (Fsp3) is 0.381. The van der Waals surface area contributed by atoms with Crippen LogP contribution in [0.2, 0.25) is 0 Å². The Hall–Kier alpha value is -2.42. The van der Waals surface area contributed by atoms with Gasteiger partial charge in [-0.05, 0) is 43.3 Å². The monoisotopic (exact) mass is 420 g/mol. The Balaban J connectivity index is 2.00. The maximum Gasteiger partial charge on any atom is 0.243 e. The Bertz CT molecular complexity index is 910. The number of nitrogens with one attached hydrogen (secondary N) is 2. The zero-order valence-electron chi connectivity index (χ0n) is 17.6. The lowest BCUT2D eigenvalue weighted by atomic mass is 10.1. The summed E-state index contributed by atoms with van der Waals surface area (Å²) in [6, 6.07) is 14.3. The average Bonchev–Trinajstić information content (AvgIpc) is 2.68. The van der Waals surface area contributed by atoms with E-state index in [2.05, 4.69) is 5.32 Å². The Morgan fingerprint density at radius 2 is 1.69 bits per heavy atom. The van der Waals surface area contributed by atoms with Crippen LogP contribution in [0.4, 0.5) is 0 Å². The van der Waals surface area contributed by atoms with E-state index < -0.39 is 10.0 Å². The molecule has 1 amide bonds. The third-order valence-corrected chi connectivity index (χ3v) is 6.63. The van der Waals surface area contributed by atoms with Crippen molar-refractivity contribution in [1.29, 1.82) is 0 Å². The quantitative estimate of drug-likeness (QED) is 0.624. The molecule has 158 valence electrons. The van der Waals surface area contributed by atoms with Crippen LogP contribution in [-0.4, -0.2) is 60.0 Å². The number of aryl methyl sites for hydroxylation is 1. The van der Waals surface area contributed by atoms with Crippen LogP contribution in [0.3, 0.4) is 0 Å². The fourth-order valence-electron chi connectivity index (χ4n) is 2.94. The lowest BCUT2D eigenvalue weighted by Gasteiger charge is -2.23. The molecule has 1 atom stereocenters. The van der Waals surface area contributed by atoms with Gasteiger partial charge >= 0.3 is 0 Å². The second-order valence-corrected chi connectivity index (χ2v) is 9.33. The van der Waals surface area contributed by atoms with Crippen molar-refractivity contribution in [3.63, 3.8) is 0 Å². The summed E-state index contributed by atoms with van der Waals surface area (Å²) in [5, 5.41) is 2.86. The minimum Gasteiger partial charge on any atom is -0.497 e. The highest BCUT2D eigenvalue weighted by Crippen LogP contribution is 2.16. The summed E-state index contributed by atoms with van der Waals surface area (Å²) in [7, 11) is 3.33. The summed E-state index contributed by atoms with van der Waals surface area (Å²) in [6.45, 7) is 2.04. The van der Waals surface area contributed by atoms with Crippen LogP contribution in [0.5, 0.6) is 5.75 Å². The van der Waals surface area contributed by atoms with E-state index in [0.717, 1.165) is 26.1 Å². The minimum atomic E-state index is -3.71. The molecule has 0 bridgehead atoms. The first kappa shape index (κ1) is 22.9. The smallest absolute Gasteiger partial charge is 0.243 e. The van der Waals surface area contributed by atoms with Crippen molar-refractivity contribution < 1.29 is 22.8 Å². The predicted octanol–water partition coefficient (Wildman–Crippen LogP) is 0.626. The molecule has 7 nitrogen and oxygen atoms in total. The van der Waals surface area contributed by atoms with E-state index in [1.54, 1.807) is 31.4 Å². The number of benzene rings is 2. The van der Waals surface area contributed by atoms with Gasteiger partial charge in [0.2, 0.25) is 15.9 Å². The van der Waals surface area contributed by atoms with E-state index in [-0.39, 0.29) is 23.4 Å². The van der Waals surface area contributed by atoms with Gasteiger partial charge in [0.05, 0.1) is 39.2 Å². The van der Waals surface area contributed by atoms with Gasteiger partial charge in [0.15, 0.2) is 0 Å². The van der Waals surface area contributed by atoms with Crippen molar-refractivity contribution in [2.24, 2.45) is 0 Å². The Morgan fingerprint density at radius 3 is 2.21 bits per heavy atom. The number of sulfonamides is 1. The van der Waals surface area contributed by atoms with Crippen LogP contribution < -0.4 is 15.0 Å². The van der Waals surface area contributed by atoms with Crippen molar-refractivity contribution >= 4 is 15.9 Å². The van der Waals surface area contributed by atoms with E-state index in [0.29, 0.717) is 6.54 Å².